The third-order valence-electron chi connectivity index (χ3n) is 1.83. The Morgan fingerprint density at radius 1 is 1.47 bits per heavy atom. The zero-order valence-electron chi connectivity index (χ0n) is 8.09. The van der Waals surface area contributed by atoms with Crippen LogP contribution in [-0.2, 0) is 10.3 Å². The highest BCUT2D eigenvalue weighted by Crippen LogP contribution is 2.21. The van der Waals surface area contributed by atoms with E-state index in [1.165, 1.54) is 0 Å². The molecule has 0 saturated carbocycles. The lowest BCUT2D eigenvalue weighted by Crippen LogP contribution is -2.15. The van der Waals surface area contributed by atoms with Gasteiger partial charge in [0.2, 0.25) is 0 Å². The van der Waals surface area contributed by atoms with Gasteiger partial charge in [0.15, 0.2) is 0 Å². The van der Waals surface area contributed by atoms with Crippen LogP contribution in [0, 0.1) is 5.82 Å². The van der Waals surface area contributed by atoms with Crippen molar-refractivity contribution in [3.05, 3.63) is 29.6 Å². The molecule has 0 radical (unpaired) electrons. The summed E-state index contributed by atoms with van der Waals surface area (Å²) in [5.74, 6) is -0.709. The Morgan fingerprint density at radius 2 is 2.06 bits per heavy atom. The fraction of sp³-hybridized carbons (Fsp3) is 0.333. The Balaban J connectivity index is 0.00000256. The van der Waals surface area contributed by atoms with E-state index in [1.54, 1.807) is 4.72 Å². The molecular weight excluding hydrogens is 251 g/mol. The summed E-state index contributed by atoms with van der Waals surface area (Å²) in [7, 11) is -4.42. The van der Waals surface area contributed by atoms with Gasteiger partial charge in [-0.2, -0.15) is 8.42 Å². The topological polar surface area (TPSA) is 113 Å². The summed E-state index contributed by atoms with van der Waals surface area (Å²) in [5.41, 5.74) is 4.94. The summed E-state index contributed by atoms with van der Waals surface area (Å²) >= 11 is 0. The lowest BCUT2D eigenvalue weighted by atomic mass is 10.1. The average molecular weight is 266 g/mol. The number of nitrogens with two attached hydrogens (primary N) is 1. The van der Waals surface area contributed by atoms with Crippen LogP contribution in [0.5, 0.6) is 0 Å². The van der Waals surface area contributed by atoms with Crippen LogP contribution in [0.25, 0.3) is 0 Å². The van der Waals surface area contributed by atoms with Gasteiger partial charge in [-0.1, -0.05) is 7.43 Å². The van der Waals surface area contributed by atoms with Crippen molar-refractivity contribution < 1.29 is 22.5 Å². The number of benzene rings is 1. The molecule has 0 unspecified atom stereocenters. The van der Waals surface area contributed by atoms with Crippen LogP contribution in [0.15, 0.2) is 18.2 Å². The van der Waals surface area contributed by atoms with Crippen LogP contribution in [-0.4, -0.2) is 24.6 Å². The highest BCUT2D eigenvalue weighted by molar-refractivity contribution is 7.87. The van der Waals surface area contributed by atoms with Gasteiger partial charge in [-0.05, 0) is 18.2 Å². The molecule has 0 fully saturated rings. The Bertz CT molecular complexity index is 478. The van der Waals surface area contributed by atoms with E-state index in [0.29, 0.717) is 0 Å². The van der Waals surface area contributed by atoms with Crippen molar-refractivity contribution in [2.75, 3.05) is 11.3 Å². The molecule has 6 nitrogen and oxygen atoms in total. The number of aliphatic hydroxyl groups excluding tert-OH is 1. The van der Waals surface area contributed by atoms with E-state index in [9.17, 15) is 17.9 Å². The minimum absolute atomic E-state index is 0. The molecule has 0 saturated heterocycles. The second-order valence-electron chi connectivity index (χ2n) is 3.06. The first-order valence-electron chi connectivity index (χ1n) is 4.26. The number of nitrogens with one attached hydrogen (secondary N) is 1. The predicted molar refractivity (Wildman–Crippen MR) is 62.3 cm³/mol. The van der Waals surface area contributed by atoms with Crippen LogP contribution >= 0.6 is 0 Å². The van der Waals surface area contributed by atoms with E-state index in [-0.39, 0.29) is 25.2 Å². The van der Waals surface area contributed by atoms with Gasteiger partial charge in [-0.3, -0.25) is 9.27 Å². The van der Waals surface area contributed by atoms with E-state index < -0.39 is 22.2 Å². The first kappa shape index (κ1) is 15.8. The van der Waals surface area contributed by atoms with Crippen LogP contribution in [0.4, 0.5) is 10.1 Å². The van der Waals surface area contributed by atoms with Gasteiger partial charge in [0.25, 0.3) is 0 Å². The summed E-state index contributed by atoms with van der Waals surface area (Å²) in [6.07, 6.45) is -1.23. The fourth-order valence-electron chi connectivity index (χ4n) is 1.14. The lowest BCUT2D eigenvalue weighted by Gasteiger charge is -2.11. The summed E-state index contributed by atoms with van der Waals surface area (Å²) in [5, 5.41) is 9.33. The molecule has 17 heavy (non-hydrogen) atoms. The zero-order valence-corrected chi connectivity index (χ0v) is 8.91. The summed E-state index contributed by atoms with van der Waals surface area (Å²) in [4.78, 5) is 0. The Morgan fingerprint density at radius 3 is 2.53 bits per heavy atom. The second-order valence-corrected chi connectivity index (χ2v) is 4.22. The maximum absolute atomic E-state index is 13.2. The fourth-order valence-corrected chi connectivity index (χ4v) is 1.56. The summed E-state index contributed by atoms with van der Waals surface area (Å²) in [6.45, 7) is -0.202. The van der Waals surface area contributed by atoms with Crippen LogP contribution in [0.2, 0.25) is 0 Å². The third-order valence-corrected chi connectivity index (χ3v) is 2.32. The molecule has 0 bridgehead atoms. The molecule has 0 heterocycles. The second kappa shape index (κ2) is 5.92. The van der Waals surface area contributed by atoms with Crippen LogP contribution in [0.3, 0.4) is 0 Å². The number of halogens is 1. The minimum atomic E-state index is -4.42. The molecule has 98 valence electrons. The number of hydrogen-bond acceptors (Lipinski definition) is 4. The highest BCUT2D eigenvalue weighted by atomic mass is 32.2. The molecule has 0 amide bonds. The molecule has 0 aliphatic carbocycles. The molecule has 8 heteroatoms. The zero-order chi connectivity index (χ0) is 12.3. The molecule has 5 N–H and O–H groups in total. The van der Waals surface area contributed by atoms with Crippen LogP contribution < -0.4 is 10.5 Å². The predicted octanol–water partition coefficient (Wildman–Crippen LogP) is 0.669. The maximum atomic E-state index is 13.2. The van der Waals surface area contributed by atoms with Crippen molar-refractivity contribution in [1.82, 2.24) is 0 Å². The molecule has 0 aliphatic rings. The summed E-state index contributed by atoms with van der Waals surface area (Å²) < 4.78 is 44.4. The molecule has 1 aromatic carbocycles. The molecule has 0 aliphatic heterocycles. The quantitative estimate of drug-likeness (QED) is 0.598. The van der Waals surface area contributed by atoms with E-state index in [0.717, 1.165) is 18.2 Å². The minimum Gasteiger partial charge on any atom is -0.387 e. The van der Waals surface area contributed by atoms with Crippen molar-refractivity contribution >= 4 is 16.0 Å². The van der Waals surface area contributed by atoms with Crippen molar-refractivity contribution in [2.24, 2.45) is 5.73 Å². The lowest BCUT2D eigenvalue weighted by molar-refractivity contribution is 0.182. The van der Waals surface area contributed by atoms with Gasteiger partial charge in [0.1, 0.15) is 5.82 Å². The van der Waals surface area contributed by atoms with Gasteiger partial charge in [-0.15, -0.1) is 0 Å². The molecule has 1 atom stereocenters. The monoisotopic (exact) mass is 266 g/mol. The van der Waals surface area contributed by atoms with E-state index in [4.69, 9.17) is 10.3 Å². The van der Waals surface area contributed by atoms with Gasteiger partial charge >= 0.3 is 10.3 Å². The number of hydrogen-bond donors (Lipinski definition) is 4. The Hall–Kier alpha value is -1.22. The van der Waals surface area contributed by atoms with Crippen molar-refractivity contribution in [1.29, 1.82) is 0 Å². The number of rotatable bonds is 4. The van der Waals surface area contributed by atoms with Crippen molar-refractivity contribution in [3.8, 4) is 0 Å². The van der Waals surface area contributed by atoms with Crippen LogP contribution in [0.1, 0.15) is 19.1 Å². The van der Waals surface area contributed by atoms with Crippen molar-refractivity contribution in [3.63, 3.8) is 0 Å². The van der Waals surface area contributed by atoms with Gasteiger partial charge in [-0.25, -0.2) is 4.39 Å². The first-order valence-corrected chi connectivity index (χ1v) is 5.70. The normalized spacial score (nSPS) is 12.7. The molecular formula is C9H15FN2O4S. The molecule has 1 rings (SSSR count). The average Bonchev–Trinajstić information content (AvgIpc) is 2.18. The number of aliphatic hydroxyl groups is 1. The van der Waals surface area contributed by atoms with Gasteiger partial charge < -0.3 is 10.8 Å². The third kappa shape index (κ3) is 4.65. The van der Waals surface area contributed by atoms with E-state index >= 15 is 0 Å². The van der Waals surface area contributed by atoms with Crippen molar-refractivity contribution in [2.45, 2.75) is 13.5 Å². The van der Waals surface area contributed by atoms with Gasteiger partial charge in [0, 0.05) is 12.1 Å². The van der Waals surface area contributed by atoms with E-state index in [1.807, 2.05) is 0 Å². The molecule has 0 spiro atoms. The Labute approximate surface area is 99.1 Å². The number of anilines is 1. The van der Waals surface area contributed by atoms with E-state index in [2.05, 4.69) is 0 Å². The largest absolute Gasteiger partial charge is 0.387 e. The SMILES string of the molecule is C.NC[C@H](O)c1cc(NS(=O)(=O)O)ccc1F. The van der Waals surface area contributed by atoms with Gasteiger partial charge in [0.05, 0.1) is 11.8 Å². The molecule has 0 aromatic heterocycles. The summed E-state index contributed by atoms with van der Waals surface area (Å²) in [6, 6.07) is 3.12. The smallest absolute Gasteiger partial charge is 0.357 e. The maximum Gasteiger partial charge on any atom is 0.357 e. The molecule has 1 aromatic rings. The standard InChI is InChI=1S/C8H11FN2O4S.CH4/c9-7-2-1-5(11-16(13,14)15)3-6(7)8(12)4-10;/h1-3,8,11-12H,4,10H2,(H,13,14,15);1H4/t8-;/m0./s1. The highest BCUT2D eigenvalue weighted by Gasteiger charge is 2.13. The Kier molecular flexibility index (Phi) is 5.49. The first-order chi connectivity index (χ1) is 7.33.